The molecule has 0 fully saturated rings. The smallest absolute Gasteiger partial charge is 0.870 e. The van der Waals surface area contributed by atoms with Crippen molar-refractivity contribution in [1.29, 1.82) is 0 Å². The molecule has 0 rings (SSSR count). The van der Waals surface area contributed by atoms with Gasteiger partial charge in [0.1, 0.15) is 0 Å². The van der Waals surface area contributed by atoms with Gasteiger partial charge in [0, 0.05) is 0 Å². The summed E-state index contributed by atoms with van der Waals surface area (Å²) in [5.74, 6) is 0. The maximum Gasteiger partial charge on any atom is 2.00 e. The molecule has 0 unspecified atom stereocenters. The largest absolute Gasteiger partial charge is 2.00 e. The fourth-order valence-corrected chi connectivity index (χ4v) is 0. The Hall–Kier alpha value is 0.0731. The molecular formula is CH5NO4Zr. The third kappa shape index (κ3) is 18800. The van der Waals surface area contributed by atoms with Crippen LogP contribution < -0.4 is 16.4 Å². The fourth-order valence-electron chi connectivity index (χ4n) is 0. The number of hydrogen-bond acceptors (Lipinski definition) is 4. The van der Waals surface area contributed by atoms with Crippen molar-refractivity contribution in [3.63, 3.8) is 0 Å². The molecule has 0 spiro atoms. The summed E-state index contributed by atoms with van der Waals surface area (Å²) in [6.45, 7) is 0. The molecule has 5 N–H and O–H groups in total. The van der Waals surface area contributed by atoms with Crippen molar-refractivity contribution >= 4 is 6.16 Å². The zero-order chi connectivity index (χ0) is 3.58. The molecule has 0 aromatic carbocycles. The molecule has 6 heteroatoms. The Balaban J connectivity index is -0.0000000150. The van der Waals surface area contributed by atoms with Gasteiger partial charge in [-0.25, -0.2) is 0 Å². The Labute approximate surface area is 59.4 Å². The minimum Gasteiger partial charge on any atom is -0.870 e. The van der Waals surface area contributed by atoms with Gasteiger partial charge in [-0.3, -0.25) is 0 Å². The normalized spacial score (nSPS) is 3.43. The van der Waals surface area contributed by atoms with E-state index in [-0.39, 0.29) is 37.8 Å². The van der Waals surface area contributed by atoms with Gasteiger partial charge >= 0.3 is 26.2 Å². The summed E-state index contributed by atoms with van der Waals surface area (Å²) in [5, 5.41) is 16.7. The Bertz CT molecular complexity index is 34.7. The van der Waals surface area contributed by atoms with Crippen LogP contribution in [0.3, 0.4) is 0 Å². The van der Waals surface area contributed by atoms with Crippen molar-refractivity contribution in [2.45, 2.75) is 0 Å². The number of rotatable bonds is 0. The molecular weight excluding hydrogens is 181 g/mol. The minimum absolute atomic E-state index is 0. The summed E-state index contributed by atoms with van der Waals surface area (Å²) in [4.78, 5) is 8.33. The first-order chi connectivity index (χ1) is 1.73. The Kier molecular flexibility index (Phi) is 65.3. The van der Waals surface area contributed by atoms with E-state index >= 15 is 0 Å². The Morgan fingerprint density at radius 2 is 1.29 bits per heavy atom. The predicted octanol–water partition coefficient (Wildman–Crippen LogP) is -2.25. The molecule has 5 nitrogen and oxygen atoms in total. The van der Waals surface area contributed by atoms with Gasteiger partial charge in [-0.2, -0.15) is 0 Å². The zero-order valence-electron chi connectivity index (χ0n) is 3.67. The van der Waals surface area contributed by atoms with Crippen molar-refractivity contribution in [1.82, 2.24) is 6.15 Å². The van der Waals surface area contributed by atoms with E-state index in [2.05, 4.69) is 0 Å². The SMILES string of the molecule is O=C([O-])[O-].[NH4+].[OH-].[Zr+2]. The van der Waals surface area contributed by atoms with Gasteiger partial charge in [-0.05, 0) is 6.16 Å². The number of carbonyl (C=O) groups excluding carboxylic acids is 1. The first-order valence-electron chi connectivity index (χ1n) is 0.612. The average Bonchev–Trinajstić information content (AvgIpc) is 0.811. The standard InChI is InChI=1S/CH2O3.H3N.H2O.Zr/c2-1(3)4;;;/h(H2,2,3,4);1H3;1H2;/q;;;+2/p-2. The number of hydrogen-bond donors (Lipinski definition) is 1. The van der Waals surface area contributed by atoms with E-state index in [1.165, 1.54) is 0 Å². The first kappa shape index (κ1) is 27.6. The van der Waals surface area contributed by atoms with Crippen LogP contribution in [0.15, 0.2) is 0 Å². The van der Waals surface area contributed by atoms with Crippen molar-refractivity contribution < 1.29 is 46.7 Å². The van der Waals surface area contributed by atoms with Gasteiger partial charge in [-0.1, -0.05) is 0 Å². The quantitative estimate of drug-likeness (QED) is 0.458. The third-order valence-corrected chi connectivity index (χ3v) is 0. The van der Waals surface area contributed by atoms with Crippen LogP contribution in [0.4, 0.5) is 4.79 Å². The molecule has 0 aliphatic heterocycles. The summed E-state index contributed by atoms with van der Waals surface area (Å²) in [6.07, 6.45) is -2.33. The fraction of sp³-hybridized carbons (Fsp3) is 0. The summed E-state index contributed by atoms with van der Waals surface area (Å²) in [5.41, 5.74) is 0. The minimum atomic E-state index is -2.33. The van der Waals surface area contributed by atoms with Gasteiger partial charge in [0.05, 0.1) is 0 Å². The van der Waals surface area contributed by atoms with Gasteiger partial charge in [-0.15, -0.1) is 0 Å². The molecule has 0 saturated carbocycles. The molecule has 0 atom stereocenters. The van der Waals surface area contributed by atoms with E-state index in [4.69, 9.17) is 15.0 Å². The van der Waals surface area contributed by atoms with Crippen LogP contribution in [0.2, 0.25) is 0 Å². The number of carboxylic acid groups (broad SMARTS) is 2. The van der Waals surface area contributed by atoms with Gasteiger partial charge in [0.15, 0.2) is 0 Å². The van der Waals surface area contributed by atoms with Crippen LogP contribution in [-0.4, -0.2) is 11.6 Å². The second-order valence-electron chi connectivity index (χ2n) is 0.250. The average molecular weight is 186 g/mol. The van der Waals surface area contributed by atoms with Crippen molar-refractivity contribution in [3.05, 3.63) is 0 Å². The van der Waals surface area contributed by atoms with E-state index in [9.17, 15) is 0 Å². The first-order valence-corrected chi connectivity index (χ1v) is 0.612. The molecule has 0 bridgehead atoms. The maximum absolute atomic E-state index is 8.33. The van der Waals surface area contributed by atoms with Crippen LogP contribution in [0.25, 0.3) is 0 Å². The van der Waals surface area contributed by atoms with E-state index in [0.29, 0.717) is 0 Å². The topological polar surface area (TPSA) is 130 Å². The molecule has 42 valence electrons. The Morgan fingerprint density at radius 3 is 1.29 bits per heavy atom. The molecule has 7 heavy (non-hydrogen) atoms. The molecule has 0 aliphatic carbocycles. The second-order valence-corrected chi connectivity index (χ2v) is 0.250. The van der Waals surface area contributed by atoms with E-state index in [1.807, 2.05) is 0 Å². The predicted molar refractivity (Wildman–Crippen MR) is 13.3 cm³/mol. The second kappa shape index (κ2) is 16.6. The Morgan fingerprint density at radius 1 is 1.29 bits per heavy atom. The van der Waals surface area contributed by atoms with Crippen LogP contribution in [-0.2, 0) is 26.2 Å². The molecule has 0 heterocycles. The zero-order valence-corrected chi connectivity index (χ0v) is 6.13. The van der Waals surface area contributed by atoms with Crippen LogP contribution in [0.5, 0.6) is 0 Å². The summed E-state index contributed by atoms with van der Waals surface area (Å²) in [6, 6.07) is 0. The summed E-state index contributed by atoms with van der Waals surface area (Å²) in [7, 11) is 0. The summed E-state index contributed by atoms with van der Waals surface area (Å²) < 4.78 is 0. The van der Waals surface area contributed by atoms with Gasteiger partial charge in [0.25, 0.3) is 0 Å². The van der Waals surface area contributed by atoms with Gasteiger partial charge in [0.2, 0.25) is 0 Å². The van der Waals surface area contributed by atoms with Crippen molar-refractivity contribution in [2.75, 3.05) is 0 Å². The number of quaternary nitrogens is 1. The number of carbonyl (C=O) groups is 1. The van der Waals surface area contributed by atoms with Crippen molar-refractivity contribution in [3.8, 4) is 0 Å². The monoisotopic (exact) mass is 185 g/mol. The maximum atomic E-state index is 8.33. The molecule has 0 aromatic rings. The molecule has 0 saturated heterocycles. The van der Waals surface area contributed by atoms with Crippen LogP contribution >= 0.6 is 0 Å². The van der Waals surface area contributed by atoms with Crippen LogP contribution in [0.1, 0.15) is 0 Å². The molecule has 0 aromatic heterocycles. The third-order valence-electron chi connectivity index (χ3n) is 0. The van der Waals surface area contributed by atoms with E-state index < -0.39 is 6.16 Å². The van der Waals surface area contributed by atoms with E-state index in [0.717, 1.165) is 0 Å². The molecule has 0 amide bonds. The van der Waals surface area contributed by atoms with Crippen molar-refractivity contribution in [2.24, 2.45) is 0 Å². The molecule has 0 radical (unpaired) electrons. The van der Waals surface area contributed by atoms with Crippen LogP contribution in [0, 0.1) is 0 Å². The molecule has 0 aliphatic rings. The van der Waals surface area contributed by atoms with Gasteiger partial charge < -0.3 is 26.6 Å². The van der Waals surface area contributed by atoms with E-state index in [1.54, 1.807) is 0 Å². The summed E-state index contributed by atoms with van der Waals surface area (Å²) >= 11 is 0.